The van der Waals surface area contributed by atoms with Crippen molar-refractivity contribution in [3.05, 3.63) is 53.8 Å². The molecule has 0 aromatic heterocycles. The smallest absolute Gasteiger partial charge is 0.410 e. The van der Waals surface area contributed by atoms with Gasteiger partial charge >= 0.3 is 6.09 Å². The van der Waals surface area contributed by atoms with Gasteiger partial charge in [-0.3, -0.25) is 24.4 Å². The molecule has 3 amide bonds. The fourth-order valence-corrected chi connectivity index (χ4v) is 5.34. The van der Waals surface area contributed by atoms with Crippen LogP contribution in [0.2, 0.25) is 0 Å². The number of hydrogen-bond acceptors (Lipinski definition) is 7. The summed E-state index contributed by atoms with van der Waals surface area (Å²) in [7, 11) is 0. The average molecular weight is 591 g/mol. The van der Waals surface area contributed by atoms with Crippen LogP contribution in [0.3, 0.4) is 0 Å². The van der Waals surface area contributed by atoms with Gasteiger partial charge in [-0.25, -0.2) is 4.79 Å². The van der Waals surface area contributed by atoms with Crippen LogP contribution in [-0.2, 0) is 19.7 Å². The molecule has 0 saturated carbocycles. The normalized spacial score (nSPS) is 18.8. The molecule has 2 aliphatic rings. The third-order valence-corrected chi connectivity index (χ3v) is 7.57. The summed E-state index contributed by atoms with van der Waals surface area (Å²) in [5, 5.41) is 9.77. The van der Waals surface area contributed by atoms with E-state index in [0.29, 0.717) is 43.7 Å². The van der Waals surface area contributed by atoms with Gasteiger partial charge in [0.1, 0.15) is 17.7 Å². The molecule has 0 N–H and O–H groups in total. The number of allylic oxidation sites excluding steroid dienone is 1. The lowest BCUT2D eigenvalue weighted by Crippen LogP contribution is -2.59. The van der Waals surface area contributed by atoms with E-state index in [1.165, 1.54) is 16.0 Å². The third-order valence-electron chi connectivity index (χ3n) is 7.57. The van der Waals surface area contributed by atoms with Crippen LogP contribution >= 0.6 is 0 Å². The van der Waals surface area contributed by atoms with Gasteiger partial charge in [0.05, 0.1) is 0 Å². The van der Waals surface area contributed by atoms with E-state index in [1.54, 1.807) is 22.0 Å². The van der Waals surface area contributed by atoms with Crippen molar-refractivity contribution in [2.75, 3.05) is 37.6 Å². The minimum absolute atomic E-state index is 0.109. The number of carbonyl (C=O) groups is 3. The molecule has 10 nitrogen and oxygen atoms in total. The van der Waals surface area contributed by atoms with E-state index in [1.807, 2.05) is 52.0 Å². The van der Waals surface area contributed by atoms with Crippen molar-refractivity contribution in [1.29, 1.82) is 5.26 Å². The molecule has 0 bridgehead atoms. The van der Waals surface area contributed by atoms with Crippen molar-refractivity contribution >= 4 is 30.3 Å². The summed E-state index contributed by atoms with van der Waals surface area (Å²) >= 11 is 0. The predicted octanol–water partition coefficient (Wildman–Crippen LogP) is 4.87. The number of ether oxygens (including phenoxy) is 1. The van der Waals surface area contributed by atoms with Gasteiger partial charge in [0, 0.05) is 50.2 Å². The molecule has 2 atom stereocenters. The van der Waals surface area contributed by atoms with Crippen molar-refractivity contribution < 1.29 is 19.1 Å². The standard InChI is InChI=1S/C33H46N6O4/c1-9-11-24(22-35-8)28(30(41)36-18-20-37(21-19-36)31(42)43-33(5,6)7)39(29(40)27-12-10-17-38(27)23-34)26-15-13-25(14-16-26)32(2,3)4/h9,11,13-16,22,27-28H,8,10,12,17-21H2,1-7H3/b11-9-,24-22+. The van der Waals surface area contributed by atoms with Gasteiger partial charge < -0.3 is 14.5 Å². The van der Waals surface area contributed by atoms with Gasteiger partial charge in [0.15, 0.2) is 6.19 Å². The second-order valence-corrected chi connectivity index (χ2v) is 13.0. The third kappa shape index (κ3) is 8.25. The second kappa shape index (κ2) is 13.9. The van der Waals surface area contributed by atoms with E-state index in [-0.39, 0.29) is 30.3 Å². The molecular weight excluding hydrogens is 544 g/mol. The molecule has 1 aromatic carbocycles. The summed E-state index contributed by atoms with van der Waals surface area (Å²) in [6.45, 7) is 18.9. The number of piperazine rings is 1. The van der Waals surface area contributed by atoms with Crippen LogP contribution in [0.5, 0.6) is 0 Å². The zero-order chi connectivity index (χ0) is 31.9. The zero-order valence-electron chi connectivity index (χ0n) is 26.7. The number of anilines is 1. The van der Waals surface area contributed by atoms with E-state index >= 15 is 0 Å². The zero-order valence-corrected chi connectivity index (χ0v) is 26.7. The Balaban J connectivity index is 2.06. The van der Waals surface area contributed by atoms with E-state index in [4.69, 9.17) is 4.74 Å². The summed E-state index contributed by atoms with van der Waals surface area (Å²) in [5.41, 5.74) is 1.39. The van der Waals surface area contributed by atoms with Gasteiger partial charge in [-0.1, -0.05) is 45.1 Å². The Bertz CT molecular complexity index is 1270. The number of likely N-dealkylation sites (tertiary alicyclic amines) is 1. The van der Waals surface area contributed by atoms with Crippen LogP contribution < -0.4 is 4.90 Å². The first-order valence-electron chi connectivity index (χ1n) is 14.9. The molecule has 232 valence electrons. The maximum Gasteiger partial charge on any atom is 0.410 e. The second-order valence-electron chi connectivity index (χ2n) is 13.0. The minimum Gasteiger partial charge on any atom is -0.444 e. The highest BCUT2D eigenvalue weighted by molar-refractivity contribution is 6.05. The molecule has 0 aliphatic carbocycles. The number of aliphatic imine (C=N–C) groups is 1. The summed E-state index contributed by atoms with van der Waals surface area (Å²) in [5.74, 6) is -0.626. The fraction of sp³-hybridized carbons (Fsp3) is 0.545. The Kier molecular flexibility index (Phi) is 10.8. The highest BCUT2D eigenvalue weighted by Gasteiger charge is 2.42. The Morgan fingerprint density at radius 2 is 1.65 bits per heavy atom. The van der Waals surface area contributed by atoms with Crippen LogP contribution in [0, 0.1) is 11.5 Å². The summed E-state index contributed by atoms with van der Waals surface area (Å²) in [4.78, 5) is 51.8. The number of benzene rings is 1. The van der Waals surface area contributed by atoms with Gasteiger partial charge in [0.2, 0.25) is 0 Å². The Morgan fingerprint density at radius 1 is 1.05 bits per heavy atom. The number of hydrogen-bond donors (Lipinski definition) is 0. The number of nitrogens with zero attached hydrogens (tertiary/aromatic N) is 6. The van der Waals surface area contributed by atoms with Crippen LogP contribution in [0.4, 0.5) is 10.5 Å². The van der Waals surface area contributed by atoms with Crippen LogP contribution in [0.25, 0.3) is 0 Å². The first-order valence-corrected chi connectivity index (χ1v) is 14.9. The topological polar surface area (TPSA) is 110 Å². The molecule has 1 aromatic rings. The largest absolute Gasteiger partial charge is 0.444 e. The lowest BCUT2D eigenvalue weighted by atomic mass is 9.87. The van der Waals surface area contributed by atoms with Crippen molar-refractivity contribution in [2.24, 2.45) is 4.99 Å². The number of amides is 3. The Hall–Kier alpha value is -4.13. The molecule has 0 radical (unpaired) electrons. The monoisotopic (exact) mass is 590 g/mol. The predicted molar refractivity (Wildman–Crippen MR) is 169 cm³/mol. The molecule has 43 heavy (non-hydrogen) atoms. The van der Waals surface area contributed by atoms with E-state index < -0.39 is 23.8 Å². The number of rotatable bonds is 7. The first kappa shape index (κ1) is 33.4. The average Bonchev–Trinajstić information content (AvgIpc) is 3.43. The molecule has 2 aliphatic heterocycles. The molecule has 2 heterocycles. The SMILES string of the molecule is C=N/C=C(\C=C/C)C(C(=O)N1CCN(C(=O)OC(C)(C)C)CC1)N(C(=O)C1CCCN1C#N)c1ccc(C(C)(C)C)cc1. The summed E-state index contributed by atoms with van der Waals surface area (Å²) in [6, 6.07) is 5.91. The summed E-state index contributed by atoms with van der Waals surface area (Å²) in [6.07, 6.45) is 8.01. The molecule has 2 fully saturated rings. The maximum absolute atomic E-state index is 14.5. The molecule has 2 saturated heterocycles. The Labute approximate surface area is 256 Å². The number of nitriles is 1. The van der Waals surface area contributed by atoms with Crippen LogP contribution in [-0.4, -0.2) is 89.7 Å². The van der Waals surface area contributed by atoms with Gasteiger partial charge in [0.25, 0.3) is 11.8 Å². The van der Waals surface area contributed by atoms with Crippen molar-refractivity contribution in [1.82, 2.24) is 14.7 Å². The lowest BCUT2D eigenvalue weighted by molar-refractivity contribution is -0.135. The quantitative estimate of drug-likeness (QED) is 0.255. The van der Waals surface area contributed by atoms with Gasteiger partial charge in [-0.2, -0.15) is 5.26 Å². The van der Waals surface area contributed by atoms with E-state index in [0.717, 1.165) is 5.56 Å². The van der Waals surface area contributed by atoms with Crippen molar-refractivity contribution in [3.63, 3.8) is 0 Å². The Morgan fingerprint density at radius 3 is 2.16 bits per heavy atom. The number of carbonyl (C=O) groups excluding carboxylic acids is 3. The van der Waals surface area contributed by atoms with Crippen LogP contribution in [0.15, 0.2) is 53.2 Å². The van der Waals surface area contributed by atoms with Gasteiger partial charge in [-0.15, -0.1) is 0 Å². The molecule has 2 unspecified atom stereocenters. The highest BCUT2D eigenvalue weighted by atomic mass is 16.6. The van der Waals surface area contributed by atoms with E-state index in [2.05, 4.69) is 38.7 Å². The van der Waals surface area contributed by atoms with Gasteiger partial charge in [-0.05, 0) is 70.4 Å². The van der Waals surface area contributed by atoms with Crippen molar-refractivity contribution in [2.45, 2.75) is 84.4 Å². The molecule has 3 rings (SSSR count). The lowest BCUT2D eigenvalue weighted by Gasteiger charge is -2.40. The molecular formula is C33H46N6O4. The van der Waals surface area contributed by atoms with Crippen molar-refractivity contribution in [3.8, 4) is 6.19 Å². The summed E-state index contributed by atoms with van der Waals surface area (Å²) < 4.78 is 5.52. The minimum atomic E-state index is -1.07. The van der Waals surface area contributed by atoms with E-state index in [9.17, 15) is 19.6 Å². The first-order chi connectivity index (χ1) is 20.2. The maximum atomic E-state index is 14.5. The highest BCUT2D eigenvalue weighted by Crippen LogP contribution is 2.31. The fourth-order valence-electron chi connectivity index (χ4n) is 5.34. The molecule has 0 spiro atoms. The molecule has 10 heteroatoms. The van der Waals surface area contributed by atoms with Crippen LogP contribution in [0.1, 0.15) is 66.9 Å².